The number of carbonyl (C=O) groups excluding carboxylic acids is 1. The molecular weight excluding hydrogens is 354 g/mol. The van der Waals surface area contributed by atoms with Crippen molar-refractivity contribution in [2.45, 2.75) is 19.9 Å². The van der Waals surface area contributed by atoms with Crippen molar-refractivity contribution in [3.05, 3.63) is 48.0 Å². The first-order valence-electron chi connectivity index (χ1n) is 9.97. The lowest BCUT2D eigenvalue weighted by atomic mass is 10.1. The Morgan fingerprint density at radius 2 is 1.79 bits per heavy atom. The van der Waals surface area contributed by atoms with Crippen molar-refractivity contribution < 1.29 is 19.2 Å². The van der Waals surface area contributed by atoms with E-state index in [-0.39, 0.29) is 11.9 Å². The lowest BCUT2D eigenvalue weighted by Gasteiger charge is -2.36. The summed E-state index contributed by atoms with van der Waals surface area (Å²) >= 11 is 0. The minimum atomic E-state index is -0.104. The molecule has 0 radical (unpaired) electrons. The van der Waals surface area contributed by atoms with Gasteiger partial charge in [-0.15, -0.1) is 0 Å². The molecule has 6 nitrogen and oxygen atoms in total. The Morgan fingerprint density at radius 1 is 1.07 bits per heavy atom. The number of aryl methyl sites for hydroxylation is 1. The number of carbonyl (C=O) groups is 1. The van der Waals surface area contributed by atoms with Crippen LogP contribution in [0, 0.1) is 6.92 Å². The Hall–Kier alpha value is -2.73. The Morgan fingerprint density at radius 3 is 2.54 bits per heavy atom. The molecule has 2 aliphatic rings. The zero-order chi connectivity index (χ0) is 19.5. The second kappa shape index (κ2) is 8.10. The van der Waals surface area contributed by atoms with Gasteiger partial charge in [0.25, 0.3) is 5.91 Å². The highest BCUT2D eigenvalue weighted by atomic mass is 16.6. The number of nitrogens with one attached hydrogen (secondary N) is 2. The molecule has 0 saturated carbocycles. The fourth-order valence-electron chi connectivity index (χ4n) is 3.94. The summed E-state index contributed by atoms with van der Waals surface area (Å²) < 4.78 is 11.1. The van der Waals surface area contributed by atoms with E-state index >= 15 is 0 Å². The van der Waals surface area contributed by atoms with Gasteiger partial charge in [-0.3, -0.25) is 4.79 Å². The van der Waals surface area contributed by atoms with Gasteiger partial charge in [0.05, 0.1) is 26.2 Å². The van der Waals surface area contributed by atoms with Gasteiger partial charge in [0.1, 0.15) is 13.2 Å². The van der Waals surface area contributed by atoms with Crippen LogP contribution in [-0.2, 0) is 4.79 Å². The SMILES string of the molecule is Cc1ccccc1N1CC[NH+]([C@@H](C)C(=O)Nc2ccc3c(c2)OCCO3)CC1. The maximum absolute atomic E-state index is 12.8. The van der Waals surface area contributed by atoms with Gasteiger partial charge >= 0.3 is 0 Å². The molecule has 1 atom stereocenters. The maximum Gasteiger partial charge on any atom is 0.282 e. The highest BCUT2D eigenvalue weighted by Gasteiger charge is 2.29. The summed E-state index contributed by atoms with van der Waals surface area (Å²) in [6.45, 7) is 9.07. The smallest absolute Gasteiger partial charge is 0.282 e. The van der Waals surface area contributed by atoms with Crippen molar-refractivity contribution in [1.82, 2.24) is 0 Å². The van der Waals surface area contributed by atoms with Gasteiger partial charge < -0.3 is 24.6 Å². The van der Waals surface area contributed by atoms with Crippen molar-refractivity contribution in [2.75, 3.05) is 49.6 Å². The van der Waals surface area contributed by atoms with E-state index in [9.17, 15) is 4.79 Å². The number of benzene rings is 2. The van der Waals surface area contributed by atoms with Gasteiger partial charge in [0, 0.05) is 17.4 Å². The molecule has 2 aromatic rings. The molecule has 0 bridgehead atoms. The number of fused-ring (bicyclic) bond motifs is 1. The zero-order valence-electron chi connectivity index (χ0n) is 16.5. The van der Waals surface area contributed by atoms with Crippen LogP contribution >= 0.6 is 0 Å². The molecular formula is C22H28N3O3+. The average Bonchev–Trinajstić information content (AvgIpc) is 2.73. The van der Waals surface area contributed by atoms with Crippen LogP contribution in [0.3, 0.4) is 0 Å². The van der Waals surface area contributed by atoms with Crippen LogP contribution < -0.4 is 24.6 Å². The first kappa shape index (κ1) is 18.6. The molecule has 28 heavy (non-hydrogen) atoms. The molecule has 0 aliphatic carbocycles. The third-order valence-corrected chi connectivity index (χ3v) is 5.68. The van der Waals surface area contributed by atoms with Crippen molar-refractivity contribution in [1.29, 1.82) is 0 Å². The number of nitrogens with zero attached hydrogens (tertiary/aromatic N) is 1. The Labute approximate surface area is 166 Å². The number of ether oxygens (including phenoxy) is 2. The normalized spacial score (nSPS) is 17.9. The van der Waals surface area contributed by atoms with Gasteiger partial charge in [-0.2, -0.15) is 0 Å². The van der Waals surface area contributed by atoms with Crippen LogP contribution in [0.5, 0.6) is 11.5 Å². The quantitative estimate of drug-likeness (QED) is 0.842. The van der Waals surface area contributed by atoms with Crippen molar-refractivity contribution >= 4 is 17.3 Å². The number of hydrogen-bond donors (Lipinski definition) is 2. The summed E-state index contributed by atoms with van der Waals surface area (Å²) in [7, 11) is 0. The van der Waals surface area contributed by atoms with Gasteiger partial charge in [-0.25, -0.2) is 0 Å². The molecule has 1 amide bonds. The summed E-state index contributed by atoms with van der Waals surface area (Å²) in [6.07, 6.45) is 0. The Bertz CT molecular complexity index is 847. The largest absolute Gasteiger partial charge is 0.486 e. The predicted octanol–water partition coefficient (Wildman–Crippen LogP) is 1.50. The summed E-state index contributed by atoms with van der Waals surface area (Å²) in [4.78, 5) is 16.5. The van der Waals surface area contributed by atoms with Gasteiger partial charge in [-0.05, 0) is 37.6 Å². The molecule has 6 heteroatoms. The summed E-state index contributed by atoms with van der Waals surface area (Å²) in [5.41, 5.74) is 3.35. The van der Waals surface area contributed by atoms with Crippen molar-refractivity contribution in [2.24, 2.45) is 0 Å². The molecule has 2 N–H and O–H groups in total. The van der Waals surface area contributed by atoms with Crippen LogP contribution in [0.15, 0.2) is 42.5 Å². The second-order valence-electron chi connectivity index (χ2n) is 7.50. The third-order valence-electron chi connectivity index (χ3n) is 5.68. The zero-order valence-corrected chi connectivity index (χ0v) is 16.5. The van der Waals surface area contributed by atoms with Gasteiger partial charge in [-0.1, -0.05) is 18.2 Å². The molecule has 0 unspecified atom stereocenters. The molecule has 0 aromatic heterocycles. The van der Waals surface area contributed by atoms with E-state index in [1.165, 1.54) is 16.2 Å². The number of piperazine rings is 1. The Kier molecular flexibility index (Phi) is 5.39. The standard InChI is InChI=1S/C22H27N3O3/c1-16-5-3-4-6-19(16)25-11-9-24(10-12-25)17(2)22(26)23-18-7-8-20-21(15-18)28-14-13-27-20/h3-8,15,17H,9-14H2,1-2H3,(H,23,26)/p+1/t17-/m0/s1. The molecule has 2 aliphatic heterocycles. The minimum Gasteiger partial charge on any atom is -0.486 e. The van der Waals surface area contributed by atoms with E-state index in [0.717, 1.165) is 37.6 Å². The number of quaternary nitrogens is 1. The highest BCUT2D eigenvalue weighted by Crippen LogP contribution is 2.32. The van der Waals surface area contributed by atoms with Gasteiger partial charge in [0.15, 0.2) is 17.5 Å². The first-order valence-corrected chi connectivity index (χ1v) is 9.97. The van der Waals surface area contributed by atoms with E-state index in [0.29, 0.717) is 19.0 Å². The lowest BCUT2D eigenvalue weighted by molar-refractivity contribution is -0.914. The number of anilines is 2. The summed E-state index contributed by atoms with van der Waals surface area (Å²) in [5, 5.41) is 3.03. The topological polar surface area (TPSA) is 55.2 Å². The maximum atomic E-state index is 12.8. The fourth-order valence-corrected chi connectivity index (χ4v) is 3.94. The van der Waals surface area contributed by atoms with E-state index in [2.05, 4.69) is 41.4 Å². The van der Waals surface area contributed by atoms with Crippen LogP contribution in [0.4, 0.5) is 11.4 Å². The van der Waals surface area contributed by atoms with Crippen molar-refractivity contribution in [3.63, 3.8) is 0 Å². The van der Waals surface area contributed by atoms with E-state index in [4.69, 9.17) is 9.47 Å². The third kappa shape index (κ3) is 3.92. The summed E-state index contributed by atoms with van der Waals surface area (Å²) in [5.74, 6) is 1.46. The van der Waals surface area contributed by atoms with E-state index in [1.807, 2.05) is 25.1 Å². The molecule has 1 saturated heterocycles. The second-order valence-corrected chi connectivity index (χ2v) is 7.50. The average molecular weight is 382 g/mol. The van der Waals surface area contributed by atoms with Crippen molar-refractivity contribution in [3.8, 4) is 11.5 Å². The molecule has 2 heterocycles. The highest BCUT2D eigenvalue weighted by molar-refractivity contribution is 5.94. The number of para-hydroxylation sites is 1. The van der Waals surface area contributed by atoms with Crippen LogP contribution in [0.25, 0.3) is 0 Å². The van der Waals surface area contributed by atoms with E-state index in [1.54, 1.807) is 0 Å². The lowest BCUT2D eigenvalue weighted by Crippen LogP contribution is -3.19. The van der Waals surface area contributed by atoms with Crippen LogP contribution in [0.2, 0.25) is 0 Å². The molecule has 1 fully saturated rings. The van der Waals surface area contributed by atoms with E-state index < -0.39 is 0 Å². The van der Waals surface area contributed by atoms with Crippen LogP contribution in [0.1, 0.15) is 12.5 Å². The molecule has 148 valence electrons. The Balaban J connectivity index is 1.34. The molecule has 0 spiro atoms. The fraction of sp³-hybridized carbons (Fsp3) is 0.409. The first-order chi connectivity index (χ1) is 13.6. The number of amides is 1. The minimum absolute atomic E-state index is 0.0380. The van der Waals surface area contributed by atoms with Crippen LogP contribution in [-0.4, -0.2) is 51.3 Å². The summed E-state index contributed by atoms with van der Waals surface area (Å²) in [6, 6.07) is 13.9. The molecule has 4 rings (SSSR count). The predicted molar refractivity (Wildman–Crippen MR) is 110 cm³/mol. The number of rotatable bonds is 4. The molecule has 2 aromatic carbocycles. The van der Waals surface area contributed by atoms with Gasteiger partial charge in [0.2, 0.25) is 0 Å². The monoisotopic (exact) mass is 382 g/mol. The number of hydrogen-bond acceptors (Lipinski definition) is 4.